The normalized spacial score (nSPS) is 26.1. The molecule has 1 aromatic carbocycles. The molecule has 0 unspecified atom stereocenters. The molecule has 1 aromatic rings. The van der Waals surface area contributed by atoms with Gasteiger partial charge in [-0.2, -0.15) is 4.31 Å². The maximum absolute atomic E-state index is 12.7. The molecule has 8 heteroatoms. The molecule has 1 N–H and O–H groups in total. The van der Waals surface area contributed by atoms with E-state index in [0.717, 1.165) is 0 Å². The van der Waals surface area contributed by atoms with Crippen molar-refractivity contribution in [1.82, 2.24) is 9.21 Å². The average Bonchev–Trinajstić information content (AvgIpc) is 2.98. The van der Waals surface area contributed by atoms with Gasteiger partial charge in [-0.15, -0.1) is 0 Å². The summed E-state index contributed by atoms with van der Waals surface area (Å²) in [5.74, 6) is 0. The highest BCUT2D eigenvalue weighted by atomic mass is 79.9. The summed E-state index contributed by atoms with van der Waals surface area (Å²) in [5, 5.41) is 9.04. The van der Waals surface area contributed by atoms with Gasteiger partial charge < -0.3 is 10.0 Å². The fourth-order valence-electron chi connectivity index (χ4n) is 2.94. The molecule has 2 fully saturated rings. The van der Waals surface area contributed by atoms with E-state index in [1.807, 2.05) is 0 Å². The van der Waals surface area contributed by atoms with Crippen LogP contribution in [0.5, 0.6) is 0 Å². The third-order valence-electron chi connectivity index (χ3n) is 3.86. The lowest BCUT2D eigenvalue weighted by Gasteiger charge is -2.32. The van der Waals surface area contributed by atoms with E-state index in [4.69, 9.17) is 5.11 Å². The lowest BCUT2D eigenvalue weighted by molar-refractivity contribution is 0.123. The van der Waals surface area contributed by atoms with Crippen LogP contribution in [0.3, 0.4) is 0 Å². The lowest BCUT2D eigenvalue weighted by Crippen LogP contribution is -2.50. The number of carboxylic acid groups (broad SMARTS) is 1. The zero-order valence-corrected chi connectivity index (χ0v) is 12.8. The second-order valence-corrected chi connectivity index (χ2v) is 7.70. The second-order valence-electron chi connectivity index (χ2n) is 4.98. The number of fused-ring (bicyclic) bond motifs is 2. The molecule has 3 rings (SSSR count). The lowest BCUT2D eigenvalue weighted by atomic mass is 10.2. The number of likely N-dealkylation sites (tertiary alicyclic amines) is 1. The molecule has 6 nitrogen and oxygen atoms in total. The summed E-state index contributed by atoms with van der Waals surface area (Å²) < 4.78 is 27.3. The van der Waals surface area contributed by atoms with Gasteiger partial charge in [0.05, 0.1) is 10.9 Å². The van der Waals surface area contributed by atoms with Crippen LogP contribution in [-0.2, 0) is 10.0 Å². The number of amides is 1. The summed E-state index contributed by atoms with van der Waals surface area (Å²) >= 11 is 3.26. The first-order valence-corrected chi connectivity index (χ1v) is 8.40. The van der Waals surface area contributed by atoms with Crippen molar-refractivity contribution in [1.29, 1.82) is 0 Å². The van der Waals surface area contributed by atoms with Gasteiger partial charge in [0.15, 0.2) is 0 Å². The molecule has 2 atom stereocenters. The fraction of sp³-hybridized carbons (Fsp3) is 0.417. The van der Waals surface area contributed by atoms with Crippen LogP contribution in [0.1, 0.15) is 6.42 Å². The van der Waals surface area contributed by atoms with Gasteiger partial charge in [-0.05, 0) is 34.5 Å². The van der Waals surface area contributed by atoms with Crippen molar-refractivity contribution >= 4 is 32.0 Å². The number of benzene rings is 1. The first-order valence-electron chi connectivity index (χ1n) is 6.17. The van der Waals surface area contributed by atoms with Gasteiger partial charge in [0.2, 0.25) is 10.0 Å². The molecule has 0 aliphatic carbocycles. The predicted octanol–water partition coefficient (Wildman–Crippen LogP) is 1.57. The summed E-state index contributed by atoms with van der Waals surface area (Å²) in [6.45, 7) is 0.490. The highest BCUT2D eigenvalue weighted by Crippen LogP contribution is 2.36. The Morgan fingerprint density at radius 1 is 1.25 bits per heavy atom. The minimum Gasteiger partial charge on any atom is -0.465 e. The van der Waals surface area contributed by atoms with Crippen molar-refractivity contribution < 1.29 is 18.3 Å². The SMILES string of the molecule is O=C(O)N1C[C@H]2C[C@@H]1CN2S(=O)(=O)c1ccccc1Br. The molecule has 0 aromatic heterocycles. The Labute approximate surface area is 125 Å². The third kappa shape index (κ3) is 2.02. The second kappa shape index (κ2) is 4.71. The first-order chi connectivity index (χ1) is 9.41. The topological polar surface area (TPSA) is 77.9 Å². The molecule has 2 bridgehead atoms. The number of hydrogen-bond donors (Lipinski definition) is 1. The summed E-state index contributed by atoms with van der Waals surface area (Å²) in [4.78, 5) is 12.6. The monoisotopic (exact) mass is 360 g/mol. The number of piperazine rings is 1. The summed E-state index contributed by atoms with van der Waals surface area (Å²) in [6, 6.07) is 6.19. The Balaban J connectivity index is 1.90. The summed E-state index contributed by atoms with van der Waals surface area (Å²) in [5.41, 5.74) is 0. The molecule has 0 radical (unpaired) electrons. The molecule has 108 valence electrons. The van der Waals surface area contributed by atoms with Crippen molar-refractivity contribution in [3.8, 4) is 0 Å². The standard InChI is InChI=1S/C12H13BrN2O4S/c13-10-3-1-2-4-11(10)20(18,19)15-7-8-5-9(15)6-14(8)12(16)17/h1-4,8-9H,5-7H2,(H,16,17)/t8-,9-/m1/s1. The van der Waals surface area contributed by atoms with E-state index in [-0.39, 0.29) is 30.1 Å². The van der Waals surface area contributed by atoms with Crippen molar-refractivity contribution in [2.75, 3.05) is 13.1 Å². The summed E-state index contributed by atoms with van der Waals surface area (Å²) in [7, 11) is -3.58. The smallest absolute Gasteiger partial charge is 0.407 e. The Kier molecular flexibility index (Phi) is 3.26. The van der Waals surface area contributed by atoms with E-state index >= 15 is 0 Å². The van der Waals surface area contributed by atoms with Crippen LogP contribution in [-0.4, -0.2) is 54.0 Å². The van der Waals surface area contributed by atoms with Crippen LogP contribution in [0.2, 0.25) is 0 Å². The van der Waals surface area contributed by atoms with Crippen LogP contribution in [0.15, 0.2) is 33.6 Å². The number of nitrogens with zero attached hydrogens (tertiary/aromatic N) is 2. The van der Waals surface area contributed by atoms with E-state index in [2.05, 4.69) is 15.9 Å². The van der Waals surface area contributed by atoms with Crippen molar-refractivity contribution in [2.45, 2.75) is 23.4 Å². The zero-order chi connectivity index (χ0) is 14.5. The van der Waals surface area contributed by atoms with E-state index in [1.54, 1.807) is 24.3 Å². The zero-order valence-electron chi connectivity index (χ0n) is 10.4. The molecular formula is C12H13BrN2O4S. The quantitative estimate of drug-likeness (QED) is 0.868. The molecule has 0 saturated carbocycles. The van der Waals surface area contributed by atoms with Crippen molar-refractivity contribution in [3.05, 3.63) is 28.7 Å². The van der Waals surface area contributed by atoms with Crippen LogP contribution in [0, 0.1) is 0 Å². The third-order valence-corrected chi connectivity index (χ3v) is 6.79. The fourth-order valence-corrected chi connectivity index (χ4v) is 5.57. The number of halogens is 1. The molecule has 2 aliphatic rings. The molecule has 2 saturated heterocycles. The van der Waals surface area contributed by atoms with Crippen LogP contribution < -0.4 is 0 Å². The van der Waals surface area contributed by atoms with Crippen LogP contribution in [0.4, 0.5) is 4.79 Å². The molecule has 20 heavy (non-hydrogen) atoms. The minimum atomic E-state index is -3.58. The average molecular weight is 361 g/mol. The predicted molar refractivity (Wildman–Crippen MR) is 75.0 cm³/mol. The van der Waals surface area contributed by atoms with E-state index in [1.165, 1.54) is 9.21 Å². The van der Waals surface area contributed by atoms with E-state index < -0.39 is 16.1 Å². The van der Waals surface area contributed by atoms with Gasteiger partial charge in [-0.3, -0.25) is 0 Å². The van der Waals surface area contributed by atoms with Gasteiger partial charge in [0.25, 0.3) is 0 Å². The van der Waals surface area contributed by atoms with Crippen molar-refractivity contribution in [3.63, 3.8) is 0 Å². The summed E-state index contributed by atoms with van der Waals surface area (Å²) in [6.07, 6.45) is -0.397. The molecule has 0 spiro atoms. The maximum Gasteiger partial charge on any atom is 0.407 e. The van der Waals surface area contributed by atoms with Crippen molar-refractivity contribution in [2.24, 2.45) is 0 Å². The van der Waals surface area contributed by atoms with Crippen LogP contribution >= 0.6 is 15.9 Å². The Hall–Kier alpha value is -1.12. The number of hydrogen-bond acceptors (Lipinski definition) is 3. The minimum absolute atomic E-state index is 0.227. The van der Waals surface area contributed by atoms with E-state index in [0.29, 0.717) is 10.9 Å². The number of carbonyl (C=O) groups is 1. The van der Waals surface area contributed by atoms with Crippen LogP contribution in [0.25, 0.3) is 0 Å². The first kappa shape index (κ1) is 13.8. The van der Waals surface area contributed by atoms with Gasteiger partial charge in [-0.1, -0.05) is 12.1 Å². The molecular weight excluding hydrogens is 348 g/mol. The maximum atomic E-state index is 12.7. The highest BCUT2D eigenvalue weighted by molar-refractivity contribution is 9.10. The largest absolute Gasteiger partial charge is 0.465 e. The number of rotatable bonds is 2. The highest BCUT2D eigenvalue weighted by Gasteiger charge is 2.50. The Morgan fingerprint density at radius 2 is 1.95 bits per heavy atom. The molecule has 2 aliphatic heterocycles. The van der Waals surface area contributed by atoms with Gasteiger partial charge >= 0.3 is 6.09 Å². The molecule has 1 amide bonds. The van der Waals surface area contributed by atoms with Gasteiger partial charge in [0.1, 0.15) is 0 Å². The van der Waals surface area contributed by atoms with E-state index in [9.17, 15) is 13.2 Å². The molecule has 2 heterocycles. The Bertz CT molecular complexity index is 663. The Morgan fingerprint density at radius 3 is 2.50 bits per heavy atom. The van der Waals surface area contributed by atoms with Gasteiger partial charge in [0, 0.05) is 23.6 Å². The van der Waals surface area contributed by atoms with Gasteiger partial charge in [-0.25, -0.2) is 13.2 Å². The number of sulfonamides is 1.